The van der Waals surface area contributed by atoms with E-state index in [1.807, 2.05) is 0 Å². The lowest BCUT2D eigenvalue weighted by atomic mass is 10.1. The molecule has 1 aliphatic heterocycles. The first-order chi connectivity index (χ1) is 12.8. The maximum atomic E-state index is 13.3. The van der Waals surface area contributed by atoms with Crippen molar-refractivity contribution in [3.63, 3.8) is 0 Å². The van der Waals surface area contributed by atoms with E-state index in [1.54, 1.807) is 0 Å². The Morgan fingerprint density at radius 2 is 2.04 bits per heavy atom. The zero-order valence-corrected chi connectivity index (χ0v) is 16.4. The molecule has 0 bridgehead atoms. The van der Waals surface area contributed by atoms with Crippen molar-refractivity contribution in [2.45, 2.75) is 23.8 Å². The molecule has 10 heteroatoms. The summed E-state index contributed by atoms with van der Waals surface area (Å²) in [4.78, 5) is 18.0. The van der Waals surface area contributed by atoms with E-state index < -0.39 is 27.8 Å². The molecule has 2 heterocycles. The van der Waals surface area contributed by atoms with E-state index in [-0.39, 0.29) is 27.3 Å². The van der Waals surface area contributed by atoms with Crippen LogP contribution in [0.15, 0.2) is 41.3 Å². The molecule has 3 rings (SSSR count). The second-order valence-electron chi connectivity index (χ2n) is 6.13. The van der Waals surface area contributed by atoms with Crippen LogP contribution in [0, 0.1) is 5.82 Å². The average molecular weight is 432 g/mol. The first-order valence-electron chi connectivity index (χ1n) is 8.15. The summed E-state index contributed by atoms with van der Waals surface area (Å²) in [6, 6.07) is 7.21. The number of sulfonamides is 1. The SMILES string of the molecule is O=C(c1nc(Cl)ccc1Cl)N1CCCC(NS(=O)(=O)c2cccc(F)c2)C1. The van der Waals surface area contributed by atoms with Crippen LogP contribution in [0.25, 0.3) is 0 Å². The molecule has 1 atom stereocenters. The third-order valence-corrected chi connectivity index (χ3v) is 6.19. The fourth-order valence-corrected chi connectivity index (χ4v) is 4.52. The molecule has 27 heavy (non-hydrogen) atoms. The van der Waals surface area contributed by atoms with Crippen molar-refractivity contribution in [2.24, 2.45) is 0 Å². The second kappa shape index (κ2) is 8.10. The van der Waals surface area contributed by atoms with Crippen molar-refractivity contribution in [3.05, 3.63) is 58.1 Å². The van der Waals surface area contributed by atoms with Crippen LogP contribution in [-0.4, -0.2) is 43.3 Å². The monoisotopic (exact) mass is 431 g/mol. The molecule has 1 aromatic carbocycles. The number of likely N-dealkylation sites (tertiary alicyclic amines) is 1. The van der Waals surface area contributed by atoms with Crippen LogP contribution in [0.3, 0.4) is 0 Å². The zero-order chi connectivity index (χ0) is 19.6. The highest BCUT2D eigenvalue weighted by Crippen LogP contribution is 2.21. The Morgan fingerprint density at radius 1 is 1.26 bits per heavy atom. The second-order valence-corrected chi connectivity index (χ2v) is 8.64. The van der Waals surface area contributed by atoms with Crippen molar-refractivity contribution >= 4 is 39.1 Å². The average Bonchev–Trinajstić information content (AvgIpc) is 2.63. The number of halogens is 3. The van der Waals surface area contributed by atoms with E-state index in [4.69, 9.17) is 23.2 Å². The quantitative estimate of drug-likeness (QED) is 0.754. The molecule has 1 aromatic heterocycles. The normalized spacial score (nSPS) is 17.7. The van der Waals surface area contributed by atoms with E-state index in [2.05, 4.69) is 9.71 Å². The molecule has 1 N–H and O–H groups in total. The highest BCUT2D eigenvalue weighted by Gasteiger charge is 2.29. The number of benzene rings is 1. The third-order valence-electron chi connectivity index (χ3n) is 4.15. The summed E-state index contributed by atoms with van der Waals surface area (Å²) in [6.45, 7) is 0.597. The molecule has 0 aliphatic carbocycles. The Morgan fingerprint density at radius 3 is 2.78 bits per heavy atom. The molecule has 1 aliphatic rings. The Labute approximate surface area is 166 Å². The van der Waals surface area contributed by atoms with Crippen LogP contribution in [0.1, 0.15) is 23.3 Å². The van der Waals surface area contributed by atoms with Gasteiger partial charge in [0.25, 0.3) is 5.91 Å². The van der Waals surface area contributed by atoms with Crippen molar-refractivity contribution < 1.29 is 17.6 Å². The minimum atomic E-state index is -3.90. The Bertz CT molecular complexity index is 972. The van der Waals surface area contributed by atoms with Gasteiger partial charge in [0.1, 0.15) is 16.7 Å². The largest absolute Gasteiger partial charge is 0.336 e. The van der Waals surface area contributed by atoms with Gasteiger partial charge in [0, 0.05) is 19.1 Å². The topological polar surface area (TPSA) is 79.4 Å². The number of carbonyl (C=O) groups excluding carboxylic acids is 1. The van der Waals surface area contributed by atoms with Gasteiger partial charge in [-0.05, 0) is 43.2 Å². The number of nitrogens with one attached hydrogen (secondary N) is 1. The van der Waals surface area contributed by atoms with Crippen molar-refractivity contribution in [2.75, 3.05) is 13.1 Å². The number of hydrogen-bond donors (Lipinski definition) is 1. The molecule has 0 radical (unpaired) electrons. The van der Waals surface area contributed by atoms with Crippen molar-refractivity contribution in [1.82, 2.24) is 14.6 Å². The minimum Gasteiger partial charge on any atom is -0.336 e. The molecule has 144 valence electrons. The number of carbonyl (C=O) groups is 1. The summed E-state index contributed by atoms with van der Waals surface area (Å²) in [5.74, 6) is -1.06. The van der Waals surface area contributed by atoms with Crippen LogP contribution < -0.4 is 4.72 Å². The molecule has 1 saturated heterocycles. The van der Waals surface area contributed by atoms with Gasteiger partial charge in [-0.15, -0.1) is 0 Å². The lowest BCUT2D eigenvalue weighted by Gasteiger charge is -2.33. The first kappa shape index (κ1) is 20.0. The molecule has 0 saturated carbocycles. The van der Waals surface area contributed by atoms with Gasteiger partial charge in [-0.1, -0.05) is 29.3 Å². The summed E-state index contributed by atoms with van der Waals surface area (Å²) < 4.78 is 40.8. The van der Waals surface area contributed by atoms with Crippen LogP contribution >= 0.6 is 23.2 Å². The summed E-state index contributed by atoms with van der Waals surface area (Å²) >= 11 is 11.9. The fraction of sp³-hybridized carbons (Fsp3) is 0.294. The predicted octanol–water partition coefficient (Wildman–Crippen LogP) is 3.11. The number of aromatic nitrogens is 1. The van der Waals surface area contributed by atoms with Crippen molar-refractivity contribution in [1.29, 1.82) is 0 Å². The first-order valence-corrected chi connectivity index (χ1v) is 10.4. The van der Waals surface area contributed by atoms with Gasteiger partial charge in [0.2, 0.25) is 10.0 Å². The van der Waals surface area contributed by atoms with Crippen LogP contribution in [-0.2, 0) is 10.0 Å². The number of amides is 1. The highest BCUT2D eigenvalue weighted by molar-refractivity contribution is 7.89. The lowest BCUT2D eigenvalue weighted by molar-refractivity contribution is 0.0697. The maximum absolute atomic E-state index is 13.3. The molecule has 2 aromatic rings. The summed E-state index contributed by atoms with van der Waals surface area (Å²) in [5, 5.41) is 0.315. The standard InChI is InChI=1S/C17H16Cl2FN3O3S/c18-14-6-7-15(19)21-16(14)17(24)23-8-2-4-12(10-23)22-27(25,26)13-5-1-3-11(20)9-13/h1,3,5-7,9,12,22H,2,4,8,10H2. The molecular formula is C17H16Cl2FN3O3S. The van der Waals surface area contributed by atoms with Gasteiger partial charge >= 0.3 is 0 Å². The van der Waals surface area contributed by atoms with Gasteiger partial charge in [0.05, 0.1) is 9.92 Å². The summed E-state index contributed by atoms with van der Waals surface area (Å²) in [6.07, 6.45) is 1.15. The van der Waals surface area contributed by atoms with Crippen LogP contribution in [0.4, 0.5) is 4.39 Å². The number of nitrogens with zero attached hydrogens (tertiary/aromatic N) is 2. The summed E-state index contributed by atoms with van der Waals surface area (Å²) in [5.41, 5.74) is 0.0257. The Balaban J connectivity index is 1.74. The van der Waals surface area contributed by atoms with Gasteiger partial charge < -0.3 is 4.90 Å². The number of pyridine rings is 1. The summed E-state index contributed by atoms with van der Waals surface area (Å²) in [7, 11) is -3.90. The van der Waals surface area contributed by atoms with E-state index in [9.17, 15) is 17.6 Å². The smallest absolute Gasteiger partial charge is 0.274 e. The number of piperidine rings is 1. The fourth-order valence-electron chi connectivity index (χ4n) is 2.90. The van der Waals surface area contributed by atoms with Gasteiger partial charge in [0.15, 0.2) is 0 Å². The number of hydrogen-bond acceptors (Lipinski definition) is 4. The van der Waals surface area contributed by atoms with Crippen LogP contribution in [0.5, 0.6) is 0 Å². The van der Waals surface area contributed by atoms with Gasteiger partial charge in [-0.3, -0.25) is 4.79 Å². The van der Waals surface area contributed by atoms with Crippen LogP contribution in [0.2, 0.25) is 10.2 Å². The zero-order valence-electron chi connectivity index (χ0n) is 14.0. The van der Waals surface area contributed by atoms with Gasteiger partial charge in [-0.25, -0.2) is 22.5 Å². The van der Waals surface area contributed by atoms with E-state index in [1.165, 1.54) is 35.2 Å². The molecule has 1 fully saturated rings. The number of rotatable bonds is 4. The van der Waals surface area contributed by atoms with E-state index >= 15 is 0 Å². The molecule has 6 nitrogen and oxygen atoms in total. The Kier molecular flexibility index (Phi) is 6.00. The highest BCUT2D eigenvalue weighted by atomic mass is 35.5. The maximum Gasteiger partial charge on any atom is 0.274 e. The van der Waals surface area contributed by atoms with Gasteiger partial charge in [-0.2, -0.15) is 0 Å². The Hall–Kier alpha value is -1.74. The molecular weight excluding hydrogens is 416 g/mol. The molecule has 1 amide bonds. The molecule has 0 spiro atoms. The lowest BCUT2D eigenvalue weighted by Crippen LogP contribution is -2.49. The minimum absolute atomic E-state index is 0.0257. The van der Waals surface area contributed by atoms with E-state index in [0.717, 1.165) is 6.07 Å². The van der Waals surface area contributed by atoms with E-state index in [0.29, 0.717) is 19.4 Å². The van der Waals surface area contributed by atoms with Crippen molar-refractivity contribution in [3.8, 4) is 0 Å². The third kappa shape index (κ3) is 4.76. The molecule has 1 unspecified atom stereocenters. The predicted molar refractivity (Wildman–Crippen MR) is 99.9 cm³/mol.